The second-order valence-corrected chi connectivity index (χ2v) is 8.93. The predicted molar refractivity (Wildman–Crippen MR) is 119 cm³/mol. The molecule has 7 heteroatoms. The Morgan fingerprint density at radius 3 is 2.66 bits per heavy atom. The molecule has 3 amide bonds. The predicted octanol–water partition coefficient (Wildman–Crippen LogP) is 2.66. The van der Waals surface area contributed by atoms with Gasteiger partial charge in [-0.1, -0.05) is 23.8 Å². The number of imide groups is 1. The summed E-state index contributed by atoms with van der Waals surface area (Å²) in [6.45, 7) is 4.96. The number of hydrogen-bond donors (Lipinski definition) is 1. The Kier molecular flexibility index (Phi) is 5.33. The fraction of sp³-hybridized carbons (Fsp3) is 0.400. The lowest BCUT2D eigenvalue weighted by Gasteiger charge is -2.29. The van der Waals surface area contributed by atoms with Gasteiger partial charge in [-0.15, -0.1) is 0 Å². The lowest BCUT2D eigenvalue weighted by atomic mass is 10.0. The number of carbonyl (C=O) groups is 3. The summed E-state index contributed by atoms with van der Waals surface area (Å²) in [6, 6.07) is 13.5. The zero-order valence-electron chi connectivity index (χ0n) is 18.2. The van der Waals surface area contributed by atoms with E-state index in [1.165, 1.54) is 11.3 Å². The lowest BCUT2D eigenvalue weighted by molar-refractivity contribution is -0.136. The minimum absolute atomic E-state index is 0.175. The van der Waals surface area contributed by atoms with E-state index in [0.29, 0.717) is 36.8 Å². The molecule has 7 nitrogen and oxygen atoms in total. The molecule has 2 atom stereocenters. The van der Waals surface area contributed by atoms with Crippen LogP contribution in [0, 0.1) is 12.8 Å². The van der Waals surface area contributed by atoms with Crippen LogP contribution in [0.3, 0.4) is 0 Å². The third-order valence-electron chi connectivity index (χ3n) is 6.70. The first kappa shape index (κ1) is 20.5. The lowest BCUT2D eigenvalue weighted by Crippen LogP contribution is -2.52. The van der Waals surface area contributed by atoms with Crippen molar-refractivity contribution in [2.45, 2.75) is 38.8 Å². The van der Waals surface area contributed by atoms with E-state index in [9.17, 15) is 14.4 Å². The molecule has 5 rings (SSSR count). The SMILES string of the molecule is Cc1ccc(N2CC[C@H](COc3cccc4c3CN(C3CCC(=O)NC3=O)C4=O)C2)cc1. The third-order valence-corrected chi connectivity index (χ3v) is 6.70. The van der Waals surface area contributed by atoms with Crippen molar-refractivity contribution in [2.75, 3.05) is 24.6 Å². The van der Waals surface area contributed by atoms with Crippen molar-refractivity contribution in [1.82, 2.24) is 10.2 Å². The number of amides is 3. The van der Waals surface area contributed by atoms with Gasteiger partial charge < -0.3 is 14.5 Å². The molecule has 2 fully saturated rings. The summed E-state index contributed by atoms with van der Waals surface area (Å²) in [5.74, 6) is 0.268. The molecule has 2 saturated heterocycles. The van der Waals surface area contributed by atoms with Crippen LogP contribution in [-0.2, 0) is 16.1 Å². The number of carbonyl (C=O) groups excluding carboxylic acids is 3. The van der Waals surface area contributed by atoms with Gasteiger partial charge in [0.15, 0.2) is 0 Å². The highest BCUT2D eigenvalue weighted by Gasteiger charge is 2.40. The number of ether oxygens (including phenoxy) is 1. The van der Waals surface area contributed by atoms with Crippen molar-refractivity contribution in [3.8, 4) is 5.75 Å². The van der Waals surface area contributed by atoms with Gasteiger partial charge in [-0.25, -0.2) is 0 Å². The molecule has 3 heterocycles. The van der Waals surface area contributed by atoms with Crippen LogP contribution >= 0.6 is 0 Å². The molecule has 0 radical (unpaired) electrons. The Labute approximate surface area is 187 Å². The minimum Gasteiger partial charge on any atom is -0.493 e. The fourth-order valence-electron chi connectivity index (χ4n) is 4.86. The molecule has 3 aliphatic rings. The molecule has 0 spiro atoms. The molecular formula is C25H27N3O4. The second-order valence-electron chi connectivity index (χ2n) is 8.93. The summed E-state index contributed by atoms with van der Waals surface area (Å²) < 4.78 is 6.20. The maximum absolute atomic E-state index is 13.0. The van der Waals surface area contributed by atoms with E-state index in [1.54, 1.807) is 11.0 Å². The molecule has 1 N–H and O–H groups in total. The van der Waals surface area contributed by atoms with Crippen molar-refractivity contribution in [3.63, 3.8) is 0 Å². The first-order valence-electron chi connectivity index (χ1n) is 11.2. The van der Waals surface area contributed by atoms with E-state index in [0.717, 1.165) is 25.1 Å². The third kappa shape index (κ3) is 3.83. The summed E-state index contributed by atoms with van der Waals surface area (Å²) in [5, 5.41) is 2.34. The van der Waals surface area contributed by atoms with Gasteiger partial charge in [0.1, 0.15) is 11.8 Å². The second kappa shape index (κ2) is 8.30. The molecule has 32 heavy (non-hydrogen) atoms. The summed E-state index contributed by atoms with van der Waals surface area (Å²) in [4.78, 5) is 40.7. The number of benzene rings is 2. The standard InChI is InChI=1S/C25H27N3O4/c1-16-5-7-18(8-6-16)27-12-11-17(13-27)15-32-22-4-2-3-19-20(22)14-28(25(19)31)21-9-10-23(29)26-24(21)30/h2-8,17,21H,9-15H2,1H3,(H,26,29,30)/t17-,21?/m0/s1. The van der Waals surface area contributed by atoms with Crippen LogP contribution in [-0.4, -0.2) is 48.4 Å². The molecule has 0 aromatic heterocycles. The molecular weight excluding hydrogens is 406 g/mol. The molecule has 3 aliphatic heterocycles. The molecule has 0 saturated carbocycles. The molecule has 0 bridgehead atoms. The van der Waals surface area contributed by atoms with E-state index in [2.05, 4.69) is 41.4 Å². The van der Waals surface area contributed by atoms with Crippen molar-refractivity contribution < 1.29 is 19.1 Å². The van der Waals surface area contributed by atoms with Crippen molar-refractivity contribution in [1.29, 1.82) is 0 Å². The maximum atomic E-state index is 13.0. The van der Waals surface area contributed by atoms with E-state index in [-0.39, 0.29) is 18.2 Å². The molecule has 2 aromatic carbocycles. The molecule has 1 unspecified atom stereocenters. The number of nitrogens with zero attached hydrogens (tertiary/aromatic N) is 2. The Hall–Kier alpha value is -3.35. The van der Waals surface area contributed by atoms with Crippen molar-refractivity contribution >= 4 is 23.4 Å². The van der Waals surface area contributed by atoms with Crippen LogP contribution in [0.1, 0.15) is 40.7 Å². The number of fused-ring (bicyclic) bond motifs is 1. The Morgan fingerprint density at radius 1 is 1.06 bits per heavy atom. The van der Waals surface area contributed by atoms with E-state index < -0.39 is 11.9 Å². The monoisotopic (exact) mass is 433 g/mol. The average Bonchev–Trinajstić information content (AvgIpc) is 3.38. The van der Waals surface area contributed by atoms with E-state index in [4.69, 9.17) is 4.74 Å². The summed E-state index contributed by atoms with van der Waals surface area (Å²) in [7, 11) is 0. The molecule has 2 aromatic rings. The van der Waals surface area contributed by atoms with Crippen LogP contribution in [0.25, 0.3) is 0 Å². The number of anilines is 1. The van der Waals surface area contributed by atoms with Gasteiger partial charge in [-0.05, 0) is 44.0 Å². The number of nitrogens with one attached hydrogen (secondary N) is 1. The van der Waals surface area contributed by atoms with Gasteiger partial charge >= 0.3 is 0 Å². The van der Waals surface area contributed by atoms with Gasteiger partial charge in [0.25, 0.3) is 5.91 Å². The quantitative estimate of drug-likeness (QED) is 0.734. The van der Waals surface area contributed by atoms with Crippen LogP contribution < -0.4 is 15.0 Å². The zero-order valence-corrected chi connectivity index (χ0v) is 18.2. The van der Waals surface area contributed by atoms with Gasteiger partial charge in [0.05, 0.1) is 13.2 Å². The smallest absolute Gasteiger partial charge is 0.255 e. The zero-order chi connectivity index (χ0) is 22.2. The van der Waals surface area contributed by atoms with Gasteiger partial charge in [0, 0.05) is 42.2 Å². The number of aryl methyl sites for hydroxylation is 1. The van der Waals surface area contributed by atoms with Gasteiger partial charge in [0.2, 0.25) is 11.8 Å². The normalized spacial score (nSPS) is 22.8. The Balaban J connectivity index is 1.24. The van der Waals surface area contributed by atoms with Crippen molar-refractivity contribution in [2.24, 2.45) is 5.92 Å². The average molecular weight is 434 g/mol. The first-order chi connectivity index (χ1) is 15.5. The highest BCUT2D eigenvalue weighted by atomic mass is 16.5. The maximum Gasteiger partial charge on any atom is 0.255 e. The summed E-state index contributed by atoms with van der Waals surface area (Å²) in [6.07, 6.45) is 1.67. The number of rotatable bonds is 5. The van der Waals surface area contributed by atoms with Crippen molar-refractivity contribution in [3.05, 3.63) is 59.2 Å². The number of hydrogen-bond acceptors (Lipinski definition) is 5. The fourth-order valence-corrected chi connectivity index (χ4v) is 4.86. The van der Waals surface area contributed by atoms with Crippen LogP contribution in [0.4, 0.5) is 5.69 Å². The highest BCUT2D eigenvalue weighted by Crippen LogP contribution is 2.34. The highest BCUT2D eigenvalue weighted by molar-refractivity contribution is 6.05. The van der Waals surface area contributed by atoms with E-state index in [1.807, 2.05) is 12.1 Å². The van der Waals surface area contributed by atoms with Crippen LogP contribution in [0.5, 0.6) is 5.75 Å². The Morgan fingerprint density at radius 2 is 1.88 bits per heavy atom. The largest absolute Gasteiger partial charge is 0.493 e. The van der Waals surface area contributed by atoms with E-state index >= 15 is 0 Å². The van der Waals surface area contributed by atoms with Crippen LogP contribution in [0.15, 0.2) is 42.5 Å². The summed E-state index contributed by atoms with van der Waals surface area (Å²) in [5.41, 5.74) is 3.91. The molecule has 0 aliphatic carbocycles. The minimum atomic E-state index is -0.613. The number of piperidine rings is 1. The van der Waals surface area contributed by atoms with Gasteiger partial charge in [-0.3, -0.25) is 19.7 Å². The topological polar surface area (TPSA) is 79.0 Å². The first-order valence-corrected chi connectivity index (χ1v) is 11.2. The summed E-state index contributed by atoms with van der Waals surface area (Å²) >= 11 is 0. The van der Waals surface area contributed by atoms with Gasteiger partial charge in [-0.2, -0.15) is 0 Å². The Bertz CT molecular complexity index is 1070. The van der Waals surface area contributed by atoms with Crippen LogP contribution in [0.2, 0.25) is 0 Å². The molecule has 166 valence electrons.